The summed E-state index contributed by atoms with van der Waals surface area (Å²) in [5.41, 5.74) is 2.28. The van der Waals surface area contributed by atoms with Gasteiger partial charge >= 0.3 is 0 Å². The number of carbonyl (C=O) groups is 1. The summed E-state index contributed by atoms with van der Waals surface area (Å²) < 4.78 is 5.40. The van der Waals surface area contributed by atoms with Crippen LogP contribution < -0.4 is 10.2 Å². The first-order chi connectivity index (χ1) is 12.1. The largest absolute Gasteiger partial charge is 0.381 e. The van der Waals surface area contributed by atoms with Gasteiger partial charge in [0.2, 0.25) is 0 Å². The van der Waals surface area contributed by atoms with E-state index in [2.05, 4.69) is 10.2 Å². The normalized spacial score (nSPS) is 15.2. The molecule has 0 atom stereocenters. The number of nitrogens with zero attached hydrogens (tertiary/aromatic N) is 1. The van der Waals surface area contributed by atoms with Crippen molar-refractivity contribution in [1.29, 1.82) is 0 Å². The molecule has 6 heteroatoms. The maximum atomic E-state index is 12.3. The quantitative estimate of drug-likeness (QED) is 0.825. The van der Waals surface area contributed by atoms with Crippen LogP contribution in [-0.4, -0.2) is 32.2 Å². The van der Waals surface area contributed by atoms with E-state index in [9.17, 15) is 4.79 Å². The van der Waals surface area contributed by atoms with Crippen LogP contribution in [0.25, 0.3) is 0 Å². The van der Waals surface area contributed by atoms with Crippen molar-refractivity contribution in [3.05, 3.63) is 58.1 Å². The summed E-state index contributed by atoms with van der Waals surface area (Å²) in [4.78, 5) is 14.7. The Morgan fingerprint density at radius 3 is 2.40 bits per heavy atom. The molecule has 0 saturated carbocycles. The number of hydrogen-bond donors (Lipinski definition) is 1. The van der Waals surface area contributed by atoms with E-state index in [1.165, 1.54) is 0 Å². The summed E-state index contributed by atoms with van der Waals surface area (Å²) >= 11 is 11.9. The number of methoxy groups -OCH3 is 1. The van der Waals surface area contributed by atoms with Gasteiger partial charge in [0.05, 0.1) is 16.7 Å². The van der Waals surface area contributed by atoms with Gasteiger partial charge < -0.3 is 15.0 Å². The van der Waals surface area contributed by atoms with Crippen molar-refractivity contribution in [2.24, 2.45) is 0 Å². The first kappa shape index (κ1) is 18.1. The van der Waals surface area contributed by atoms with Gasteiger partial charge in [0.15, 0.2) is 0 Å². The van der Waals surface area contributed by atoms with Gasteiger partial charge in [0.25, 0.3) is 5.91 Å². The summed E-state index contributed by atoms with van der Waals surface area (Å²) in [5, 5.41) is 3.70. The standard InChI is InChI=1S/C19H20Cl2N2O2/c1-25-16-8-10-23(11-9-16)15-5-3-14(4-6-15)22-19(24)17-7-2-13(20)12-18(17)21/h2-7,12,16H,8-11H2,1H3,(H,22,24). The molecule has 2 aromatic rings. The number of halogens is 2. The minimum Gasteiger partial charge on any atom is -0.381 e. The van der Waals surface area contributed by atoms with Crippen LogP contribution in [0.5, 0.6) is 0 Å². The maximum absolute atomic E-state index is 12.3. The Morgan fingerprint density at radius 2 is 1.80 bits per heavy atom. The molecule has 1 amide bonds. The molecule has 1 aliphatic rings. The van der Waals surface area contributed by atoms with E-state index in [1.807, 2.05) is 24.3 Å². The fourth-order valence-electron chi connectivity index (χ4n) is 2.98. The van der Waals surface area contributed by atoms with E-state index in [0.29, 0.717) is 21.7 Å². The molecule has 1 fully saturated rings. The second-order valence-electron chi connectivity index (χ2n) is 6.05. The monoisotopic (exact) mass is 378 g/mol. The molecule has 2 aromatic carbocycles. The number of carbonyl (C=O) groups excluding carboxylic acids is 1. The van der Waals surface area contributed by atoms with Crippen molar-refractivity contribution in [1.82, 2.24) is 0 Å². The van der Waals surface area contributed by atoms with Crippen molar-refractivity contribution in [3.63, 3.8) is 0 Å². The zero-order chi connectivity index (χ0) is 17.8. The Labute approximate surface area is 157 Å². The number of piperidine rings is 1. The molecule has 3 rings (SSSR count). The van der Waals surface area contributed by atoms with E-state index in [-0.39, 0.29) is 5.91 Å². The second-order valence-corrected chi connectivity index (χ2v) is 6.89. The Hall–Kier alpha value is -1.75. The van der Waals surface area contributed by atoms with E-state index in [0.717, 1.165) is 37.3 Å². The Balaban J connectivity index is 1.63. The lowest BCUT2D eigenvalue weighted by Gasteiger charge is -2.33. The molecule has 1 saturated heterocycles. The van der Waals surface area contributed by atoms with Crippen molar-refractivity contribution in [3.8, 4) is 0 Å². The smallest absolute Gasteiger partial charge is 0.257 e. The summed E-state index contributed by atoms with van der Waals surface area (Å²) in [6.07, 6.45) is 2.42. The highest BCUT2D eigenvalue weighted by atomic mass is 35.5. The van der Waals surface area contributed by atoms with Crippen molar-refractivity contribution in [2.75, 3.05) is 30.4 Å². The molecule has 25 heavy (non-hydrogen) atoms. The fourth-order valence-corrected chi connectivity index (χ4v) is 3.47. The van der Waals surface area contributed by atoms with Crippen LogP contribution in [0.4, 0.5) is 11.4 Å². The Kier molecular flexibility index (Phi) is 5.84. The summed E-state index contributed by atoms with van der Waals surface area (Å²) in [6, 6.07) is 12.7. The van der Waals surface area contributed by atoms with Crippen LogP contribution in [0.1, 0.15) is 23.2 Å². The van der Waals surface area contributed by atoms with E-state index in [4.69, 9.17) is 27.9 Å². The van der Waals surface area contributed by atoms with Gasteiger partial charge in [0.1, 0.15) is 0 Å². The van der Waals surface area contributed by atoms with E-state index in [1.54, 1.807) is 25.3 Å². The number of rotatable bonds is 4. The third-order valence-electron chi connectivity index (χ3n) is 4.44. The molecule has 0 aromatic heterocycles. The molecule has 0 spiro atoms. The van der Waals surface area contributed by atoms with Crippen LogP contribution in [0.15, 0.2) is 42.5 Å². The number of nitrogens with one attached hydrogen (secondary N) is 1. The van der Waals surface area contributed by atoms with Gasteiger partial charge in [-0.25, -0.2) is 0 Å². The van der Waals surface area contributed by atoms with Gasteiger partial charge in [-0.2, -0.15) is 0 Å². The lowest BCUT2D eigenvalue weighted by atomic mass is 10.1. The summed E-state index contributed by atoms with van der Waals surface area (Å²) in [6.45, 7) is 1.95. The highest BCUT2D eigenvalue weighted by Crippen LogP contribution is 2.25. The molecule has 1 heterocycles. The Morgan fingerprint density at radius 1 is 1.12 bits per heavy atom. The zero-order valence-corrected chi connectivity index (χ0v) is 15.5. The topological polar surface area (TPSA) is 41.6 Å². The third kappa shape index (κ3) is 4.46. The number of benzene rings is 2. The third-order valence-corrected chi connectivity index (χ3v) is 4.99. The molecular weight excluding hydrogens is 359 g/mol. The molecule has 4 nitrogen and oxygen atoms in total. The first-order valence-electron chi connectivity index (χ1n) is 8.21. The highest BCUT2D eigenvalue weighted by molar-refractivity contribution is 6.37. The van der Waals surface area contributed by atoms with E-state index < -0.39 is 0 Å². The average molecular weight is 379 g/mol. The molecule has 0 aliphatic carbocycles. The van der Waals surface area contributed by atoms with E-state index >= 15 is 0 Å². The number of anilines is 2. The predicted molar refractivity (Wildman–Crippen MR) is 103 cm³/mol. The SMILES string of the molecule is COC1CCN(c2ccc(NC(=O)c3ccc(Cl)cc3Cl)cc2)CC1. The van der Waals surface area contributed by atoms with Crippen molar-refractivity contribution in [2.45, 2.75) is 18.9 Å². The predicted octanol–water partition coefficient (Wildman–Crippen LogP) is 4.86. The summed E-state index contributed by atoms with van der Waals surface area (Å²) in [5.74, 6) is -0.254. The molecule has 1 N–H and O–H groups in total. The van der Waals surface area contributed by atoms with Crippen LogP contribution in [-0.2, 0) is 4.74 Å². The molecule has 1 aliphatic heterocycles. The Bertz CT molecular complexity index is 742. The highest BCUT2D eigenvalue weighted by Gasteiger charge is 2.19. The van der Waals surface area contributed by atoms with Gasteiger partial charge in [-0.15, -0.1) is 0 Å². The fraction of sp³-hybridized carbons (Fsp3) is 0.316. The first-order valence-corrected chi connectivity index (χ1v) is 8.96. The number of ether oxygens (including phenoxy) is 1. The van der Waals surface area contributed by atoms with Crippen molar-refractivity contribution < 1.29 is 9.53 Å². The van der Waals surface area contributed by atoms with Crippen LogP contribution in [0.2, 0.25) is 10.0 Å². The van der Waals surface area contributed by atoms with Crippen LogP contribution in [0, 0.1) is 0 Å². The van der Waals surface area contributed by atoms with Gasteiger partial charge in [-0.1, -0.05) is 23.2 Å². The molecule has 0 bridgehead atoms. The lowest BCUT2D eigenvalue weighted by Crippen LogP contribution is -2.36. The molecule has 132 valence electrons. The molecule has 0 unspecified atom stereocenters. The molecular formula is C19H20Cl2N2O2. The van der Waals surface area contributed by atoms with Gasteiger partial charge in [-0.3, -0.25) is 4.79 Å². The zero-order valence-electron chi connectivity index (χ0n) is 14.0. The van der Waals surface area contributed by atoms with Gasteiger partial charge in [0, 0.05) is 36.6 Å². The lowest BCUT2D eigenvalue weighted by molar-refractivity contribution is 0.0819. The van der Waals surface area contributed by atoms with Crippen LogP contribution in [0.3, 0.4) is 0 Å². The molecule has 0 radical (unpaired) electrons. The summed E-state index contributed by atoms with van der Waals surface area (Å²) in [7, 11) is 1.77. The second kappa shape index (κ2) is 8.09. The van der Waals surface area contributed by atoms with Crippen LogP contribution >= 0.6 is 23.2 Å². The minimum atomic E-state index is -0.254. The van der Waals surface area contributed by atoms with Gasteiger partial charge in [-0.05, 0) is 55.3 Å². The average Bonchev–Trinajstić information content (AvgIpc) is 2.62. The minimum absolute atomic E-state index is 0.254. The van der Waals surface area contributed by atoms with Crippen molar-refractivity contribution >= 4 is 40.5 Å². The maximum Gasteiger partial charge on any atom is 0.257 e. The number of hydrogen-bond acceptors (Lipinski definition) is 3. The number of amides is 1.